The van der Waals surface area contributed by atoms with Crippen molar-refractivity contribution in [3.05, 3.63) is 40.7 Å². The maximum absolute atomic E-state index is 12.8. The molecule has 2 aromatic rings. The number of carbonyl (C=O) groups is 2. The number of nitrogens with zero attached hydrogens (tertiary/aromatic N) is 2. The number of hydrogen-bond acceptors (Lipinski definition) is 5. The van der Waals surface area contributed by atoms with Crippen molar-refractivity contribution >= 4 is 23.2 Å². The summed E-state index contributed by atoms with van der Waals surface area (Å²) in [6.07, 6.45) is 1.30. The third-order valence-electron chi connectivity index (χ3n) is 4.13. The van der Waals surface area contributed by atoms with Crippen LogP contribution in [0.25, 0.3) is 11.3 Å². The van der Waals surface area contributed by atoms with E-state index in [1.54, 1.807) is 10.4 Å². The predicted octanol–water partition coefficient (Wildman–Crippen LogP) is 2.84. The highest BCUT2D eigenvalue weighted by atomic mass is 32.1. The van der Waals surface area contributed by atoms with Crippen molar-refractivity contribution in [2.45, 2.75) is 12.8 Å². The SMILES string of the molecule is COC(=O)C1CCN(C(=O)c2scnc2-c2ccccc2)CC1. The molecular formula is C17H18N2O3S. The standard InChI is InChI=1S/C17H18N2O3S/c1-22-17(21)13-7-9-19(10-8-13)16(20)15-14(18-11-23-15)12-5-3-2-4-6-12/h2-6,11,13H,7-10H2,1H3. The maximum Gasteiger partial charge on any atom is 0.308 e. The van der Waals surface area contributed by atoms with Crippen LogP contribution >= 0.6 is 11.3 Å². The molecule has 1 aromatic carbocycles. The molecule has 0 N–H and O–H groups in total. The molecule has 1 amide bonds. The number of methoxy groups -OCH3 is 1. The second-order valence-corrected chi connectivity index (χ2v) is 6.34. The molecule has 0 spiro atoms. The first kappa shape index (κ1) is 15.7. The summed E-state index contributed by atoms with van der Waals surface area (Å²) in [4.78, 5) is 31.2. The smallest absolute Gasteiger partial charge is 0.308 e. The Morgan fingerprint density at radius 2 is 1.91 bits per heavy atom. The van der Waals surface area contributed by atoms with Gasteiger partial charge in [0.25, 0.3) is 5.91 Å². The zero-order valence-corrected chi connectivity index (χ0v) is 13.7. The van der Waals surface area contributed by atoms with Gasteiger partial charge in [0.05, 0.1) is 24.2 Å². The lowest BCUT2D eigenvalue weighted by atomic mass is 9.97. The molecule has 0 radical (unpaired) electrons. The van der Waals surface area contributed by atoms with Crippen molar-refractivity contribution in [1.29, 1.82) is 0 Å². The fourth-order valence-corrected chi connectivity index (χ4v) is 3.60. The molecule has 0 aliphatic carbocycles. The Bertz CT molecular complexity index is 691. The number of esters is 1. The van der Waals surface area contributed by atoms with Gasteiger partial charge >= 0.3 is 5.97 Å². The van der Waals surface area contributed by atoms with Crippen LogP contribution < -0.4 is 0 Å². The van der Waals surface area contributed by atoms with Gasteiger partial charge in [-0.15, -0.1) is 11.3 Å². The average Bonchev–Trinajstić information content (AvgIpc) is 3.11. The number of thiazole rings is 1. The lowest BCUT2D eigenvalue weighted by molar-refractivity contribution is -0.146. The second-order valence-electron chi connectivity index (χ2n) is 5.49. The number of amides is 1. The van der Waals surface area contributed by atoms with E-state index in [2.05, 4.69) is 4.98 Å². The van der Waals surface area contributed by atoms with E-state index >= 15 is 0 Å². The molecule has 2 heterocycles. The molecule has 1 fully saturated rings. The van der Waals surface area contributed by atoms with Crippen molar-refractivity contribution in [3.63, 3.8) is 0 Å². The summed E-state index contributed by atoms with van der Waals surface area (Å²) < 4.78 is 4.78. The van der Waals surface area contributed by atoms with Gasteiger partial charge in [0, 0.05) is 18.7 Å². The number of ether oxygens (including phenoxy) is 1. The van der Waals surface area contributed by atoms with Crippen molar-refractivity contribution < 1.29 is 14.3 Å². The van der Waals surface area contributed by atoms with E-state index in [9.17, 15) is 9.59 Å². The van der Waals surface area contributed by atoms with Gasteiger partial charge in [-0.3, -0.25) is 9.59 Å². The first-order chi connectivity index (χ1) is 11.2. The van der Waals surface area contributed by atoms with Crippen molar-refractivity contribution in [1.82, 2.24) is 9.88 Å². The van der Waals surface area contributed by atoms with Crippen LogP contribution in [0.15, 0.2) is 35.8 Å². The lowest BCUT2D eigenvalue weighted by Gasteiger charge is -2.30. The molecule has 0 bridgehead atoms. The molecule has 1 aliphatic rings. The molecule has 1 aliphatic heterocycles. The minimum Gasteiger partial charge on any atom is -0.469 e. The van der Waals surface area contributed by atoms with Gasteiger partial charge in [-0.25, -0.2) is 4.98 Å². The molecule has 120 valence electrons. The topological polar surface area (TPSA) is 59.5 Å². The van der Waals surface area contributed by atoms with Gasteiger partial charge in [0.2, 0.25) is 0 Å². The van der Waals surface area contributed by atoms with Crippen LogP contribution in [0.1, 0.15) is 22.5 Å². The largest absolute Gasteiger partial charge is 0.469 e. The molecule has 3 rings (SSSR count). The Morgan fingerprint density at radius 1 is 1.22 bits per heavy atom. The van der Waals surface area contributed by atoms with E-state index in [1.807, 2.05) is 30.3 Å². The highest BCUT2D eigenvalue weighted by Gasteiger charge is 2.30. The maximum atomic E-state index is 12.8. The first-order valence-electron chi connectivity index (χ1n) is 7.56. The fraction of sp³-hybridized carbons (Fsp3) is 0.353. The van der Waals surface area contributed by atoms with E-state index < -0.39 is 0 Å². The van der Waals surface area contributed by atoms with Crippen molar-refractivity contribution in [2.75, 3.05) is 20.2 Å². The summed E-state index contributed by atoms with van der Waals surface area (Å²) in [5.41, 5.74) is 3.38. The van der Waals surface area contributed by atoms with Crippen LogP contribution in [0.3, 0.4) is 0 Å². The van der Waals surface area contributed by atoms with Crippen LogP contribution in [0.5, 0.6) is 0 Å². The van der Waals surface area contributed by atoms with E-state index in [4.69, 9.17) is 4.74 Å². The summed E-state index contributed by atoms with van der Waals surface area (Å²) in [7, 11) is 1.41. The summed E-state index contributed by atoms with van der Waals surface area (Å²) in [5, 5.41) is 0. The molecule has 0 unspecified atom stereocenters. The van der Waals surface area contributed by atoms with Crippen LogP contribution in [0.4, 0.5) is 0 Å². The zero-order valence-electron chi connectivity index (χ0n) is 12.9. The summed E-state index contributed by atoms with van der Waals surface area (Å²) in [6, 6.07) is 9.72. The van der Waals surface area contributed by atoms with Crippen LogP contribution in [0, 0.1) is 5.92 Å². The van der Waals surface area contributed by atoms with Gasteiger partial charge in [0.1, 0.15) is 4.88 Å². The van der Waals surface area contributed by atoms with Crippen molar-refractivity contribution in [3.8, 4) is 11.3 Å². The predicted molar refractivity (Wildman–Crippen MR) is 88.2 cm³/mol. The third kappa shape index (κ3) is 3.27. The summed E-state index contributed by atoms with van der Waals surface area (Å²) in [5.74, 6) is -0.284. The molecule has 1 saturated heterocycles. The summed E-state index contributed by atoms with van der Waals surface area (Å²) >= 11 is 1.36. The van der Waals surface area contributed by atoms with Gasteiger partial charge in [-0.05, 0) is 12.8 Å². The minimum absolute atomic E-state index is 0.00494. The molecule has 6 heteroatoms. The van der Waals surface area contributed by atoms with Gasteiger partial charge in [-0.1, -0.05) is 30.3 Å². The van der Waals surface area contributed by atoms with E-state index in [-0.39, 0.29) is 17.8 Å². The number of likely N-dealkylation sites (tertiary alicyclic amines) is 1. The number of piperidine rings is 1. The van der Waals surface area contributed by atoms with Gasteiger partial charge < -0.3 is 9.64 Å². The number of rotatable bonds is 3. The number of hydrogen-bond donors (Lipinski definition) is 0. The Hall–Kier alpha value is -2.21. The Morgan fingerprint density at radius 3 is 2.57 bits per heavy atom. The number of aromatic nitrogens is 1. The normalized spacial score (nSPS) is 15.4. The summed E-state index contributed by atoms with van der Waals surface area (Å²) in [6.45, 7) is 1.15. The molecule has 0 atom stereocenters. The number of carbonyl (C=O) groups excluding carboxylic acids is 2. The highest BCUT2D eigenvalue weighted by molar-refractivity contribution is 7.12. The molecule has 1 aromatic heterocycles. The second kappa shape index (κ2) is 6.91. The van der Waals surface area contributed by atoms with Crippen LogP contribution in [-0.2, 0) is 9.53 Å². The third-order valence-corrected chi connectivity index (χ3v) is 4.94. The minimum atomic E-state index is -0.181. The van der Waals surface area contributed by atoms with E-state index in [1.165, 1.54) is 18.4 Å². The average molecular weight is 330 g/mol. The Balaban J connectivity index is 1.73. The zero-order chi connectivity index (χ0) is 16.2. The lowest BCUT2D eigenvalue weighted by Crippen LogP contribution is -2.40. The molecule has 5 nitrogen and oxygen atoms in total. The Labute approximate surface area is 138 Å². The van der Waals surface area contributed by atoms with Crippen LogP contribution in [0.2, 0.25) is 0 Å². The monoisotopic (exact) mass is 330 g/mol. The van der Waals surface area contributed by atoms with Crippen molar-refractivity contribution in [2.24, 2.45) is 5.92 Å². The fourth-order valence-electron chi connectivity index (χ4n) is 2.83. The first-order valence-corrected chi connectivity index (χ1v) is 8.44. The molecule has 23 heavy (non-hydrogen) atoms. The highest BCUT2D eigenvalue weighted by Crippen LogP contribution is 2.28. The Kier molecular flexibility index (Phi) is 4.71. The van der Waals surface area contributed by atoms with Gasteiger partial charge in [0.15, 0.2) is 0 Å². The van der Waals surface area contributed by atoms with Gasteiger partial charge in [-0.2, -0.15) is 0 Å². The quantitative estimate of drug-likeness (QED) is 0.812. The molecule has 0 saturated carbocycles. The van der Waals surface area contributed by atoms with Crippen LogP contribution in [-0.4, -0.2) is 42.0 Å². The number of benzene rings is 1. The van der Waals surface area contributed by atoms with E-state index in [0.29, 0.717) is 30.8 Å². The van der Waals surface area contributed by atoms with E-state index in [0.717, 1.165) is 11.3 Å². The molecular weight excluding hydrogens is 312 g/mol.